The van der Waals surface area contributed by atoms with Crippen LogP contribution in [0.1, 0.15) is 16.5 Å². The van der Waals surface area contributed by atoms with E-state index in [1.165, 1.54) is 11.3 Å². The van der Waals surface area contributed by atoms with Crippen molar-refractivity contribution in [2.24, 2.45) is 0 Å². The summed E-state index contributed by atoms with van der Waals surface area (Å²) < 4.78 is 0. The first-order valence-corrected chi connectivity index (χ1v) is 6.49. The smallest absolute Gasteiger partial charge is 0.113 e. The second kappa shape index (κ2) is 4.18. The van der Waals surface area contributed by atoms with Crippen molar-refractivity contribution in [1.29, 1.82) is 0 Å². The van der Waals surface area contributed by atoms with Crippen LogP contribution in [0.2, 0.25) is 5.02 Å². The van der Waals surface area contributed by atoms with Gasteiger partial charge in [-0.2, -0.15) is 0 Å². The molecule has 2 nitrogen and oxygen atoms in total. The first-order valence-electron chi connectivity index (χ1n) is 5.23. The number of aromatic amines is 1. The molecule has 3 aromatic rings. The molecule has 0 aliphatic rings. The highest BCUT2D eigenvalue weighted by Gasteiger charge is 2.13. The van der Waals surface area contributed by atoms with Gasteiger partial charge in [-0.15, -0.1) is 11.3 Å². The highest BCUT2D eigenvalue weighted by atomic mass is 35.5. The second-order valence-corrected chi connectivity index (χ2v) is 5.27. The maximum absolute atomic E-state index is 10.2. The number of halogens is 1. The van der Waals surface area contributed by atoms with Gasteiger partial charge in [0.15, 0.2) is 0 Å². The van der Waals surface area contributed by atoms with Crippen LogP contribution in [-0.2, 0) is 0 Å². The third-order valence-corrected chi connectivity index (χ3v) is 4.08. The third-order valence-electron chi connectivity index (χ3n) is 2.75. The molecule has 0 spiro atoms. The quantitative estimate of drug-likeness (QED) is 0.721. The molecule has 2 aromatic heterocycles. The van der Waals surface area contributed by atoms with E-state index in [0.717, 1.165) is 21.3 Å². The van der Waals surface area contributed by atoms with Gasteiger partial charge in [0.2, 0.25) is 0 Å². The Hall–Kier alpha value is -1.29. The van der Waals surface area contributed by atoms with Crippen molar-refractivity contribution in [2.75, 3.05) is 0 Å². The number of hydrogen-bond donors (Lipinski definition) is 2. The first kappa shape index (κ1) is 10.8. The van der Waals surface area contributed by atoms with Crippen LogP contribution < -0.4 is 0 Å². The lowest BCUT2D eigenvalue weighted by molar-refractivity contribution is 0.224. The number of nitrogens with one attached hydrogen (secondary N) is 1. The molecule has 1 atom stereocenters. The van der Waals surface area contributed by atoms with Gasteiger partial charge in [-0.25, -0.2) is 0 Å². The SMILES string of the molecule is OC(c1ccc2[nH]ccc2c1)c1cc(Cl)cs1. The number of thiophene rings is 1. The molecule has 0 aliphatic heterocycles. The summed E-state index contributed by atoms with van der Waals surface area (Å²) in [5.74, 6) is 0. The Morgan fingerprint density at radius 3 is 2.88 bits per heavy atom. The zero-order valence-electron chi connectivity index (χ0n) is 8.85. The largest absolute Gasteiger partial charge is 0.383 e. The molecule has 3 rings (SSSR count). The van der Waals surface area contributed by atoms with Crippen molar-refractivity contribution >= 4 is 33.8 Å². The van der Waals surface area contributed by atoms with Gasteiger partial charge in [-0.3, -0.25) is 0 Å². The molecule has 0 saturated heterocycles. The fraction of sp³-hybridized carbons (Fsp3) is 0.0769. The molecule has 0 aliphatic carbocycles. The predicted molar refractivity (Wildman–Crippen MR) is 71.7 cm³/mol. The van der Waals surface area contributed by atoms with E-state index >= 15 is 0 Å². The number of fused-ring (bicyclic) bond motifs is 1. The molecule has 0 radical (unpaired) electrons. The van der Waals surface area contributed by atoms with Crippen molar-refractivity contribution in [1.82, 2.24) is 4.98 Å². The molecule has 86 valence electrons. The lowest BCUT2D eigenvalue weighted by Gasteiger charge is -2.08. The summed E-state index contributed by atoms with van der Waals surface area (Å²) in [6.45, 7) is 0. The van der Waals surface area contributed by atoms with Crippen molar-refractivity contribution in [3.8, 4) is 0 Å². The second-order valence-electron chi connectivity index (χ2n) is 3.89. The van der Waals surface area contributed by atoms with E-state index in [0.29, 0.717) is 5.02 Å². The summed E-state index contributed by atoms with van der Waals surface area (Å²) in [6, 6.07) is 9.69. The molecule has 4 heteroatoms. The Kier molecular flexibility index (Phi) is 2.67. The van der Waals surface area contributed by atoms with Gasteiger partial charge >= 0.3 is 0 Å². The standard InChI is InChI=1S/C13H10ClNOS/c14-10-6-12(17-7-10)13(16)9-1-2-11-8(5-9)3-4-15-11/h1-7,13,15-16H. The number of hydrogen-bond acceptors (Lipinski definition) is 2. The fourth-order valence-corrected chi connectivity index (χ4v) is 2.97. The molecule has 0 bridgehead atoms. The average molecular weight is 264 g/mol. The van der Waals surface area contributed by atoms with Gasteiger partial charge in [-0.05, 0) is 35.2 Å². The van der Waals surface area contributed by atoms with Crippen LogP contribution in [0.25, 0.3) is 10.9 Å². The van der Waals surface area contributed by atoms with Crippen molar-refractivity contribution in [2.45, 2.75) is 6.10 Å². The van der Waals surface area contributed by atoms with E-state index in [-0.39, 0.29) is 0 Å². The van der Waals surface area contributed by atoms with Gasteiger partial charge in [0.25, 0.3) is 0 Å². The molecule has 17 heavy (non-hydrogen) atoms. The van der Waals surface area contributed by atoms with Crippen molar-refractivity contribution in [3.63, 3.8) is 0 Å². The van der Waals surface area contributed by atoms with Crippen LogP contribution in [0.15, 0.2) is 41.9 Å². The lowest BCUT2D eigenvalue weighted by Crippen LogP contribution is -1.96. The number of H-pyrrole nitrogens is 1. The van der Waals surface area contributed by atoms with Crippen LogP contribution in [0, 0.1) is 0 Å². The Morgan fingerprint density at radius 2 is 2.12 bits per heavy atom. The Morgan fingerprint density at radius 1 is 1.24 bits per heavy atom. The molecule has 2 N–H and O–H groups in total. The monoisotopic (exact) mass is 263 g/mol. The zero-order valence-corrected chi connectivity index (χ0v) is 10.4. The molecule has 0 saturated carbocycles. The number of aliphatic hydroxyl groups is 1. The van der Waals surface area contributed by atoms with E-state index in [1.54, 1.807) is 6.07 Å². The van der Waals surface area contributed by atoms with Crippen LogP contribution in [-0.4, -0.2) is 10.1 Å². The average Bonchev–Trinajstić information content (AvgIpc) is 2.95. The van der Waals surface area contributed by atoms with E-state index in [2.05, 4.69) is 4.98 Å². The summed E-state index contributed by atoms with van der Waals surface area (Å²) in [7, 11) is 0. The van der Waals surface area contributed by atoms with Crippen molar-refractivity contribution < 1.29 is 5.11 Å². The minimum atomic E-state index is -0.605. The summed E-state index contributed by atoms with van der Waals surface area (Å²) in [6.07, 6.45) is 1.29. The summed E-state index contributed by atoms with van der Waals surface area (Å²) >= 11 is 7.33. The van der Waals surface area contributed by atoms with E-state index < -0.39 is 6.10 Å². The van der Waals surface area contributed by atoms with Gasteiger partial charge in [0.1, 0.15) is 6.10 Å². The summed E-state index contributed by atoms with van der Waals surface area (Å²) in [4.78, 5) is 4.00. The highest BCUT2D eigenvalue weighted by Crippen LogP contribution is 2.30. The topological polar surface area (TPSA) is 36.0 Å². The number of aromatic nitrogens is 1. The molecule has 1 aromatic carbocycles. The maximum atomic E-state index is 10.2. The highest BCUT2D eigenvalue weighted by molar-refractivity contribution is 7.10. The van der Waals surface area contributed by atoms with Crippen molar-refractivity contribution in [3.05, 3.63) is 57.4 Å². The number of benzene rings is 1. The fourth-order valence-electron chi connectivity index (χ4n) is 1.88. The molecule has 1 unspecified atom stereocenters. The Labute approximate surface area is 107 Å². The minimum absolute atomic E-state index is 0.605. The van der Waals surface area contributed by atoms with E-state index in [4.69, 9.17) is 11.6 Å². The van der Waals surface area contributed by atoms with Crippen LogP contribution >= 0.6 is 22.9 Å². The van der Waals surface area contributed by atoms with Gasteiger partial charge in [-0.1, -0.05) is 17.7 Å². The van der Waals surface area contributed by atoms with Crippen LogP contribution in [0.5, 0.6) is 0 Å². The number of rotatable bonds is 2. The predicted octanol–water partition coefficient (Wildman–Crippen LogP) is 3.96. The lowest BCUT2D eigenvalue weighted by atomic mass is 10.1. The maximum Gasteiger partial charge on any atom is 0.113 e. The molecular formula is C13H10ClNOS. The minimum Gasteiger partial charge on any atom is -0.383 e. The van der Waals surface area contributed by atoms with Crippen LogP contribution in [0.4, 0.5) is 0 Å². The number of aliphatic hydroxyl groups excluding tert-OH is 1. The normalized spacial score (nSPS) is 13.1. The van der Waals surface area contributed by atoms with Gasteiger partial charge < -0.3 is 10.1 Å². The molecular weight excluding hydrogens is 254 g/mol. The molecule has 2 heterocycles. The van der Waals surface area contributed by atoms with E-state index in [1.807, 2.05) is 35.8 Å². The third kappa shape index (κ3) is 1.97. The van der Waals surface area contributed by atoms with Crippen LogP contribution in [0.3, 0.4) is 0 Å². The molecule has 0 amide bonds. The van der Waals surface area contributed by atoms with E-state index in [9.17, 15) is 5.11 Å². The Balaban J connectivity index is 2.02. The van der Waals surface area contributed by atoms with Gasteiger partial charge in [0, 0.05) is 22.0 Å². The first-order chi connectivity index (χ1) is 8.24. The van der Waals surface area contributed by atoms with Gasteiger partial charge in [0.05, 0.1) is 5.02 Å². The summed E-state index contributed by atoms with van der Waals surface area (Å²) in [5, 5.41) is 13.8. The summed E-state index contributed by atoms with van der Waals surface area (Å²) in [5.41, 5.74) is 1.96. The Bertz CT molecular complexity index is 658. The molecule has 0 fully saturated rings. The zero-order chi connectivity index (χ0) is 11.8.